The molecule has 106 valence electrons. The Morgan fingerprint density at radius 3 is 2.63 bits per heavy atom. The molecule has 1 rings (SSSR count). The Morgan fingerprint density at radius 2 is 2.05 bits per heavy atom. The van der Waals surface area contributed by atoms with Gasteiger partial charge in [-0.1, -0.05) is 6.07 Å². The van der Waals surface area contributed by atoms with Gasteiger partial charge in [0, 0.05) is 13.2 Å². The third-order valence-corrected chi connectivity index (χ3v) is 2.91. The molecule has 5 heteroatoms. The third-order valence-electron chi connectivity index (χ3n) is 2.91. The standard InChI is InChI=1S/C14H20FNO3/c1-16(7-3-2-4-8-17)10-11-5-6-12(14(18)19)13(15)9-11/h5-6,9,17H,2-4,7-8,10H2,1H3,(H,18,19). The van der Waals surface area contributed by atoms with Crippen LogP contribution in [-0.2, 0) is 6.54 Å². The van der Waals surface area contributed by atoms with E-state index in [0.29, 0.717) is 6.54 Å². The average molecular weight is 269 g/mol. The first-order valence-electron chi connectivity index (χ1n) is 6.35. The largest absolute Gasteiger partial charge is 0.478 e. The van der Waals surface area contributed by atoms with Crippen molar-refractivity contribution in [2.24, 2.45) is 0 Å². The molecule has 0 spiro atoms. The van der Waals surface area contributed by atoms with E-state index in [9.17, 15) is 9.18 Å². The normalized spacial score (nSPS) is 10.9. The summed E-state index contributed by atoms with van der Waals surface area (Å²) in [6, 6.07) is 4.21. The number of benzene rings is 1. The molecule has 0 unspecified atom stereocenters. The van der Waals surface area contributed by atoms with Gasteiger partial charge >= 0.3 is 5.97 Å². The first-order valence-corrected chi connectivity index (χ1v) is 6.35. The van der Waals surface area contributed by atoms with E-state index in [1.807, 2.05) is 11.9 Å². The van der Waals surface area contributed by atoms with Gasteiger partial charge in [0.1, 0.15) is 5.82 Å². The number of rotatable bonds is 8. The van der Waals surface area contributed by atoms with Crippen LogP contribution in [0.15, 0.2) is 18.2 Å². The molecule has 4 nitrogen and oxygen atoms in total. The van der Waals surface area contributed by atoms with Crippen molar-refractivity contribution < 1.29 is 19.4 Å². The minimum Gasteiger partial charge on any atom is -0.478 e. The number of aromatic carboxylic acids is 1. The predicted molar refractivity (Wildman–Crippen MR) is 70.6 cm³/mol. The molecule has 0 saturated carbocycles. The highest BCUT2D eigenvalue weighted by atomic mass is 19.1. The number of aliphatic hydroxyl groups excluding tert-OH is 1. The summed E-state index contributed by atoms with van der Waals surface area (Å²) in [7, 11) is 1.93. The summed E-state index contributed by atoms with van der Waals surface area (Å²) in [6.45, 7) is 1.66. The Bertz CT molecular complexity index is 423. The number of nitrogens with zero attached hydrogens (tertiary/aromatic N) is 1. The van der Waals surface area contributed by atoms with E-state index in [4.69, 9.17) is 10.2 Å². The molecule has 0 atom stereocenters. The molecule has 0 heterocycles. The van der Waals surface area contributed by atoms with E-state index in [1.54, 1.807) is 6.07 Å². The first-order chi connectivity index (χ1) is 9.04. The van der Waals surface area contributed by atoms with Gasteiger partial charge in [0.15, 0.2) is 0 Å². The van der Waals surface area contributed by atoms with Crippen molar-refractivity contribution in [2.45, 2.75) is 25.8 Å². The van der Waals surface area contributed by atoms with Gasteiger partial charge in [-0.3, -0.25) is 0 Å². The molecule has 0 amide bonds. The van der Waals surface area contributed by atoms with E-state index in [-0.39, 0.29) is 12.2 Å². The second kappa shape index (κ2) is 7.86. The highest BCUT2D eigenvalue weighted by Gasteiger charge is 2.11. The predicted octanol–water partition coefficient (Wildman–Crippen LogP) is 2.12. The maximum Gasteiger partial charge on any atom is 0.338 e. The summed E-state index contributed by atoms with van der Waals surface area (Å²) in [6.07, 6.45) is 2.75. The third kappa shape index (κ3) is 5.36. The van der Waals surface area contributed by atoms with Crippen molar-refractivity contribution in [1.82, 2.24) is 4.90 Å². The first kappa shape index (κ1) is 15.6. The van der Waals surface area contributed by atoms with Crippen LogP contribution in [0.2, 0.25) is 0 Å². The van der Waals surface area contributed by atoms with Crippen LogP contribution in [0.5, 0.6) is 0 Å². The van der Waals surface area contributed by atoms with Gasteiger partial charge in [-0.15, -0.1) is 0 Å². The van der Waals surface area contributed by atoms with Gasteiger partial charge in [-0.25, -0.2) is 9.18 Å². The van der Waals surface area contributed by atoms with E-state index in [1.165, 1.54) is 12.1 Å². The SMILES string of the molecule is CN(CCCCCO)Cc1ccc(C(=O)O)c(F)c1. The van der Waals surface area contributed by atoms with Crippen LogP contribution in [0, 0.1) is 5.82 Å². The fourth-order valence-electron chi connectivity index (χ4n) is 1.89. The molecule has 1 aromatic carbocycles. The minimum atomic E-state index is -1.25. The fourth-order valence-corrected chi connectivity index (χ4v) is 1.89. The maximum absolute atomic E-state index is 13.5. The molecular formula is C14H20FNO3. The van der Waals surface area contributed by atoms with Crippen LogP contribution in [0.3, 0.4) is 0 Å². The molecule has 0 saturated heterocycles. The van der Waals surface area contributed by atoms with Gasteiger partial charge in [0.05, 0.1) is 5.56 Å². The molecule has 0 aliphatic carbocycles. The summed E-state index contributed by atoms with van der Waals surface area (Å²) in [5.41, 5.74) is 0.460. The lowest BCUT2D eigenvalue weighted by Crippen LogP contribution is -2.19. The van der Waals surface area contributed by atoms with Crippen LogP contribution in [0.1, 0.15) is 35.2 Å². The zero-order valence-electron chi connectivity index (χ0n) is 11.1. The quantitative estimate of drug-likeness (QED) is 0.710. The maximum atomic E-state index is 13.5. The number of carbonyl (C=O) groups is 1. The Hall–Kier alpha value is -1.46. The summed E-state index contributed by atoms with van der Waals surface area (Å²) < 4.78 is 13.5. The molecule has 2 N–H and O–H groups in total. The number of aliphatic hydroxyl groups is 1. The number of unbranched alkanes of at least 4 members (excludes halogenated alkanes) is 2. The number of hydrogen-bond donors (Lipinski definition) is 2. The topological polar surface area (TPSA) is 60.8 Å². The minimum absolute atomic E-state index is 0.214. The summed E-state index contributed by atoms with van der Waals surface area (Å²) in [5, 5.41) is 17.4. The Kier molecular flexibility index (Phi) is 6.45. The van der Waals surface area contributed by atoms with Crippen LogP contribution in [0.25, 0.3) is 0 Å². The van der Waals surface area contributed by atoms with Crippen LogP contribution in [-0.4, -0.2) is 41.3 Å². The van der Waals surface area contributed by atoms with Crippen molar-refractivity contribution in [2.75, 3.05) is 20.2 Å². The number of hydrogen-bond acceptors (Lipinski definition) is 3. The molecule has 0 bridgehead atoms. The van der Waals surface area contributed by atoms with Crippen molar-refractivity contribution in [3.05, 3.63) is 35.1 Å². The molecule has 0 aromatic heterocycles. The van der Waals surface area contributed by atoms with Gasteiger partial charge in [-0.05, 0) is 50.6 Å². The van der Waals surface area contributed by atoms with Gasteiger partial charge in [0.2, 0.25) is 0 Å². The molecule has 19 heavy (non-hydrogen) atoms. The number of carboxylic acids is 1. The second-order valence-electron chi connectivity index (χ2n) is 4.64. The van der Waals surface area contributed by atoms with Crippen LogP contribution in [0.4, 0.5) is 4.39 Å². The Morgan fingerprint density at radius 1 is 1.32 bits per heavy atom. The second-order valence-corrected chi connectivity index (χ2v) is 4.64. The van der Waals surface area contributed by atoms with Crippen LogP contribution >= 0.6 is 0 Å². The molecule has 0 radical (unpaired) electrons. The molecular weight excluding hydrogens is 249 g/mol. The van der Waals surface area contributed by atoms with Crippen molar-refractivity contribution in [3.63, 3.8) is 0 Å². The zero-order valence-corrected chi connectivity index (χ0v) is 11.1. The number of carboxylic acid groups (broad SMARTS) is 1. The van der Waals surface area contributed by atoms with Crippen LogP contribution < -0.4 is 0 Å². The number of halogens is 1. The lowest BCUT2D eigenvalue weighted by molar-refractivity contribution is 0.0692. The van der Waals surface area contributed by atoms with Crippen molar-refractivity contribution in [3.8, 4) is 0 Å². The van der Waals surface area contributed by atoms with E-state index < -0.39 is 11.8 Å². The van der Waals surface area contributed by atoms with E-state index >= 15 is 0 Å². The highest BCUT2D eigenvalue weighted by Crippen LogP contribution is 2.12. The summed E-state index contributed by atoms with van der Waals surface area (Å²) in [4.78, 5) is 12.7. The monoisotopic (exact) mass is 269 g/mol. The molecule has 0 fully saturated rings. The average Bonchev–Trinajstić information content (AvgIpc) is 2.34. The fraction of sp³-hybridized carbons (Fsp3) is 0.500. The van der Waals surface area contributed by atoms with E-state index in [0.717, 1.165) is 31.4 Å². The smallest absolute Gasteiger partial charge is 0.338 e. The molecule has 0 aliphatic heterocycles. The molecule has 1 aromatic rings. The van der Waals surface area contributed by atoms with Crippen molar-refractivity contribution in [1.29, 1.82) is 0 Å². The lowest BCUT2D eigenvalue weighted by atomic mass is 10.1. The summed E-state index contributed by atoms with van der Waals surface area (Å²) >= 11 is 0. The highest BCUT2D eigenvalue weighted by molar-refractivity contribution is 5.87. The van der Waals surface area contributed by atoms with E-state index in [2.05, 4.69) is 0 Å². The summed E-state index contributed by atoms with van der Waals surface area (Å²) in [5.74, 6) is -1.94. The van der Waals surface area contributed by atoms with Gasteiger partial charge in [-0.2, -0.15) is 0 Å². The zero-order chi connectivity index (χ0) is 14.3. The van der Waals surface area contributed by atoms with Gasteiger partial charge < -0.3 is 15.1 Å². The van der Waals surface area contributed by atoms with Gasteiger partial charge in [0.25, 0.3) is 0 Å². The Labute approximate surface area is 112 Å². The molecule has 0 aliphatic rings. The Balaban J connectivity index is 2.48. The van der Waals surface area contributed by atoms with Crippen molar-refractivity contribution >= 4 is 5.97 Å². The lowest BCUT2D eigenvalue weighted by Gasteiger charge is -2.16.